The van der Waals surface area contributed by atoms with Gasteiger partial charge in [0.2, 0.25) is 0 Å². The first-order valence-electron chi connectivity index (χ1n) is 5.74. The van der Waals surface area contributed by atoms with Crippen molar-refractivity contribution in [1.29, 1.82) is 0 Å². The minimum Gasteiger partial charge on any atom is -0.462 e. The Hall–Kier alpha value is -2.01. The average Bonchev–Trinajstić information content (AvgIpc) is 2.70. The zero-order chi connectivity index (χ0) is 13.8. The van der Waals surface area contributed by atoms with E-state index in [4.69, 9.17) is 21.1 Å². The van der Waals surface area contributed by atoms with E-state index >= 15 is 0 Å². The number of hydrogen-bond donors (Lipinski definition) is 0. The third kappa shape index (κ3) is 3.26. The number of ether oxygens (including phenoxy) is 2. The van der Waals surface area contributed by atoms with Gasteiger partial charge in [0.05, 0.1) is 6.61 Å². The fourth-order valence-electron chi connectivity index (χ4n) is 1.53. The zero-order valence-corrected chi connectivity index (χ0v) is 11.3. The molecule has 0 aliphatic carbocycles. The molecule has 0 amide bonds. The van der Waals surface area contributed by atoms with E-state index in [2.05, 4.69) is 5.10 Å². The molecule has 0 aliphatic heterocycles. The highest BCUT2D eigenvalue weighted by molar-refractivity contribution is 6.30. The number of rotatable bonds is 4. The Kier molecular flexibility index (Phi) is 4.06. The van der Waals surface area contributed by atoms with Gasteiger partial charge < -0.3 is 9.47 Å². The number of esters is 1. The third-order valence-corrected chi connectivity index (χ3v) is 2.54. The topological polar surface area (TPSA) is 53.4 Å². The van der Waals surface area contributed by atoms with Crippen LogP contribution in [0.3, 0.4) is 0 Å². The molecule has 0 N–H and O–H groups in total. The van der Waals surface area contributed by atoms with Crippen molar-refractivity contribution in [3.8, 4) is 11.6 Å². The normalized spacial score (nSPS) is 10.3. The van der Waals surface area contributed by atoms with Gasteiger partial charge in [-0.25, -0.2) is 4.79 Å². The minimum absolute atomic E-state index is 0.197. The van der Waals surface area contributed by atoms with Gasteiger partial charge in [-0.15, -0.1) is 5.10 Å². The van der Waals surface area contributed by atoms with Crippen molar-refractivity contribution in [2.24, 2.45) is 7.05 Å². The molecule has 6 heteroatoms. The van der Waals surface area contributed by atoms with Crippen LogP contribution < -0.4 is 4.74 Å². The Labute approximate surface area is 115 Å². The summed E-state index contributed by atoms with van der Waals surface area (Å²) < 4.78 is 12.0. The number of carbonyl (C=O) groups is 1. The zero-order valence-electron chi connectivity index (χ0n) is 10.6. The standard InChI is InChI=1S/C13H13ClN2O3/c1-3-18-13(17)11-8-16(2)15-12(11)19-10-6-4-5-9(14)7-10/h4-8H,3H2,1-2H3. The van der Waals surface area contributed by atoms with Crippen molar-refractivity contribution >= 4 is 17.6 Å². The highest BCUT2D eigenvalue weighted by Crippen LogP contribution is 2.26. The molecule has 0 aliphatic rings. The summed E-state index contributed by atoms with van der Waals surface area (Å²) >= 11 is 5.87. The summed E-state index contributed by atoms with van der Waals surface area (Å²) in [6, 6.07) is 6.87. The van der Waals surface area contributed by atoms with Gasteiger partial charge in [0.15, 0.2) is 0 Å². The molecule has 19 heavy (non-hydrogen) atoms. The molecule has 1 aromatic heterocycles. The first-order valence-corrected chi connectivity index (χ1v) is 6.12. The lowest BCUT2D eigenvalue weighted by atomic mass is 10.3. The summed E-state index contributed by atoms with van der Waals surface area (Å²) in [5, 5.41) is 4.64. The molecule has 100 valence electrons. The smallest absolute Gasteiger partial charge is 0.345 e. The van der Waals surface area contributed by atoms with E-state index in [1.807, 2.05) is 0 Å². The van der Waals surface area contributed by atoms with Gasteiger partial charge in [0.25, 0.3) is 5.88 Å². The Morgan fingerprint density at radius 3 is 2.95 bits per heavy atom. The molecule has 0 radical (unpaired) electrons. The third-order valence-electron chi connectivity index (χ3n) is 2.30. The van der Waals surface area contributed by atoms with Crippen LogP contribution in [0.1, 0.15) is 17.3 Å². The number of aryl methyl sites for hydroxylation is 1. The number of hydrogen-bond acceptors (Lipinski definition) is 4. The molecule has 1 aromatic carbocycles. The summed E-state index contributed by atoms with van der Waals surface area (Å²) in [6.07, 6.45) is 1.55. The van der Waals surface area contributed by atoms with Crippen molar-refractivity contribution in [2.45, 2.75) is 6.92 Å². The van der Waals surface area contributed by atoms with E-state index in [0.29, 0.717) is 17.4 Å². The molecule has 0 fully saturated rings. The molecule has 0 bridgehead atoms. The van der Waals surface area contributed by atoms with Crippen LogP contribution in [0, 0.1) is 0 Å². The maximum atomic E-state index is 11.8. The van der Waals surface area contributed by atoms with Crippen LogP contribution in [-0.2, 0) is 11.8 Å². The van der Waals surface area contributed by atoms with Gasteiger partial charge >= 0.3 is 5.97 Å². The quantitative estimate of drug-likeness (QED) is 0.808. The van der Waals surface area contributed by atoms with Crippen LogP contribution in [0.4, 0.5) is 0 Å². The summed E-state index contributed by atoms with van der Waals surface area (Å²) in [5.74, 6) is 0.243. The predicted molar refractivity (Wildman–Crippen MR) is 70.7 cm³/mol. The summed E-state index contributed by atoms with van der Waals surface area (Å²) in [6.45, 7) is 2.04. The van der Waals surface area contributed by atoms with Crippen LogP contribution in [0.2, 0.25) is 5.02 Å². The second-order valence-corrected chi connectivity index (χ2v) is 4.24. The molecular weight excluding hydrogens is 268 g/mol. The number of aromatic nitrogens is 2. The van der Waals surface area contributed by atoms with E-state index in [0.717, 1.165) is 0 Å². The number of benzene rings is 1. The average molecular weight is 281 g/mol. The molecule has 0 unspecified atom stereocenters. The van der Waals surface area contributed by atoms with Crippen molar-refractivity contribution in [2.75, 3.05) is 6.61 Å². The van der Waals surface area contributed by atoms with Crippen molar-refractivity contribution in [1.82, 2.24) is 9.78 Å². The molecule has 0 saturated heterocycles. The summed E-state index contributed by atoms with van der Waals surface area (Å²) in [5.41, 5.74) is 0.282. The van der Waals surface area contributed by atoms with Crippen molar-refractivity contribution in [3.63, 3.8) is 0 Å². The van der Waals surface area contributed by atoms with E-state index < -0.39 is 5.97 Å². The number of halogens is 1. The second-order valence-electron chi connectivity index (χ2n) is 3.80. The first kappa shape index (κ1) is 13.4. The van der Waals surface area contributed by atoms with Gasteiger partial charge in [-0.1, -0.05) is 17.7 Å². The Balaban J connectivity index is 2.27. The lowest BCUT2D eigenvalue weighted by Crippen LogP contribution is -2.05. The Morgan fingerprint density at radius 2 is 2.26 bits per heavy atom. The Bertz CT molecular complexity index is 595. The maximum Gasteiger partial charge on any atom is 0.345 e. The van der Waals surface area contributed by atoms with Crippen LogP contribution in [-0.4, -0.2) is 22.4 Å². The number of carbonyl (C=O) groups excluding carboxylic acids is 1. The second kappa shape index (κ2) is 5.75. The SMILES string of the molecule is CCOC(=O)c1cn(C)nc1Oc1cccc(Cl)c1. The predicted octanol–water partition coefficient (Wildman–Crippen LogP) is 3.04. The minimum atomic E-state index is -0.465. The van der Waals surface area contributed by atoms with E-state index in [9.17, 15) is 4.79 Å². The summed E-state index contributed by atoms with van der Waals surface area (Å²) in [4.78, 5) is 11.8. The molecule has 1 heterocycles. The van der Waals surface area contributed by atoms with E-state index in [1.54, 1.807) is 44.4 Å². The summed E-state index contributed by atoms with van der Waals surface area (Å²) in [7, 11) is 1.70. The van der Waals surface area contributed by atoms with Crippen molar-refractivity contribution < 1.29 is 14.3 Å². The molecule has 0 atom stereocenters. The molecule has 2 aromatic rings. The van der Waals surface area contributed by atoms with Crippen LogP contribution in [0.15, 0.2) is 30.5 Å². The largest absolute Gasteiger partial charge is 0.462 e. The van der Waals surface area contributed by atoms with Crippen LogP contribution in [0.5, 0.6) is 11.6 Å². The van der Waals surface area contributed by atoms with E-state index in [-0.39, 0.29) is 11.4 Å². The van der Waals surface area contributed by atoms with Crippen LogP contribution in [0.25, 0.3) is 0 Å². The lowest BCUT2D eigenvalue weighted by molar-refractivity contribution is 0.0523. The first-order chi connectivity index (χ1) is 9.10. The van der Waals surface area contributed by atoms with Gasteiger partial charge in [-0.3, -0.25) is 4.68 Å². The van der Waals surface area contributed by atoms with Gasteiger partial charge in [-0.2, -0.15) is 0 Å². The van der Waals surface area contributed by atoms with Gasteiger partial charge in [0, 0.05) is 18.3 Å². The molecule has 5 nitrogen and oxygen atoms in total. The van der Waals surface area contributed by atoms with E-state index in [1.165, 1.54) is 4.68 Å². The molecule has 0 spiro atoms. The number of nitrogens with zero attached hydrogens (tertiary/aromatic N) is 2. The van der Waals surface area contributed by atoms with Crippen molar-refractivity contribution in [3.05, 3.63) is 41.0 Å². The van der Waals surface area contributed by atoms with Crippen LogP contribution >= 0.6 is 11.6 Å². The molecule has 2 rings (SSSR count). The fraction of sp³-hybridized carbons (Fsp3) is 0.231. The maximum absolute atomic E-state index is 11.8. The highest BCUT2D eigenvalue weighted by atomic mass is 35.5. The lowest BCUT2D eigenvalue weighted by Gasteiger charge is -2.05. The highest BCUT2D eigenvalue weighted by Gasteiger charge is 2.18. The Morgan fingerprint density at radius 1 is 1.47 bits per heavy atom. The van der Waals surface area contributed by atoms with Gasteiger partial charge in [0.1, 0.15) is 11.3 Å². The monoisotopic (exact) mass is 280 g/mol. The van der Waals surface area contributed by atoms with Gasteiger partial charge in [-0.05, 0) is 25.1 Å². The molecule has 0 saturated carbocycles. The fourth-order valence-corrected chi connectivity index (χ4v) is 1.71. The molecular formula is C13H13ClN2O3.